The van der Waals surface area contributed by atoms with Crippen LogP contribution in [0, 0.1) is 5.82 Å². The van der Waals surface area contributed by atoms with Crippen molar-refractivity contribution in [3.05, 3.63) is 85.0 Å². The zero-order valence-corrected chi connectivity index (χ0v) is 19.8. The summed E-state index contributed by atoms with van der Waals surface area (Å²) in [6, 6.07) is 13.6. The van der Waals surface area contributed by atoms with Gasteiger partial charge in [0.05, 0.1) is 16.1 Å². The Morgan fingerprint density at radius 2 is 1.77 bits per heavy atom. The van der Waals surface area contributed by atoms with Crippen LogP contribution >= 0.6 is 50.7 Å². The van der Waals surface area contributed by atoms with Crippen LogP contribution in [0.15, 0.2) is 53.0 Å². The van der Waals surface area contributed by atoms with E-state index in [-0.39, 0.29) is 11.6 Å². The highest BCUT2D eigenvalue weighted by atomic mass is 79.9. The van der Waals surface area contributed by atoms with Gasteiger partial charge in [-0.3, -0.25) is 0 Å². The summed E-state index contributed by atoms with van der Waals surface area (Å²) < 4.78 is 25.8. The molecule has 3 rings (SSSR count). The average molecular weight is 534 g/mol. The summed E-state index contributed by atoms with van der Waals surface area (Å²) in [5.41, 5.74) is 2.48. The number of hydrogen-bond donors (Lipinski definition) is 1. The minimum Gasteiger partial charge on any atom is -0.490 e. The molecule has 0 aliphatic heterocycles. The van der Waals surface area contributed by atoms with Crippen molar-refractivity contribution in [1.29, 1.82) is 0 Å². The van der Waals surface area contributed by atoms with Crippen LogP contribution in [0.3, 0.4) is 0 Å². The number of ether oxygens (including phenoxy) is 2. The molecule has 0 amide bonds. The second kappa shape index (κ2) is 10.6. The van der Waals surface area contributed by atoms with Gasteiger partial charge >= 0.3 is 0 Å². The molecule has 30 heavy (non-hydrogen) atoms. The zero-order chi connectivity index (χ0) is 21.7. The normalized spacial score (nSPS) is 10.7. The van der Waals surface area contributed by atoms with Crippen molar-refractivity contribution in [2.24, 2.45) is 0 Å². The monoisotopic (exact) mass is 531 g/mol. The van der Waals surface area contributed by atoms with Gasteiger partial charge < -0.3 is 14.8 Å². The summed E-state index contributed by atoms with van der Waals surface area (Å²) in [5, 5.41) is 4.39. The SMILES string of the molecule is CCOc1cc(CNc2ccc(F)c(Cl)c2)cc(Br)c1OCc1ccc(Cl)cc1Cl. The molecule has 8 heteroatoms. The van der Waals surface area contributed by atoms with E-state index in [2.05, 4.69) is 21.2 Å². The maximum absolute atomic E-state index is 13.3. The van der Waals surface area contributed by atoms with Gasteiger partial charge in [-0.1, -0.05) is 40.9 Å². The van der Waals surface area contributed by atoms with Crippen LogP contribution in [0.1, 0.15) is 18.1 Å². The molecule has 0 saturated heterocycles. The molecule has 0 bridgehead atoms. The summed E-state index contributed by atoms with van der Waals surface area (Å²) >= 11 is 21.6. The predicted octanol–water partition coefficient (Wildman–Crippen LogP) is 8.14. The van der Waals surface area contributed by atoms with Gasteiger partial charge in [0.1, 0.15) is 12.4 Å². The number of rotatable bonds is 8. The molecule has 0 unspecified atom stereocenters. The minimum atomic E-state index is -0.453. The minimum absolute atomic E-state index is 0.0702. The molecule has 1 N–H and O–H groups in total. The lowest BCUT2D eigenvalue weighted by Crippen LogP contribution is -2.04. The molecule has 0 aliphatic carbocycles. The summed E-state index contributed by atoms with van der Waals surface area (Å²) in [6.45, 7) is 3.14. The van der Waals surface area contributed by atoms with Gasteiger partial charge in [0.2, 0.25) is 0 Å². The van der Waals surface area contributed by atoms with Crippen molar-refractivity contribution in [1.82, 2.24) is 0 Å². The number of halogens is 5. The van der Waals surface area contributed by atoms with E-state index in [0.717, 1.165) is 15.6 Å². The van der Waals surface area contributed by atoms with Crippen molar-refractivity contribution >= 4 is 56.4 Å². The van der Waals surface area contributed by atoms with E-state index < -0.39 is 5.82 Å². The van der Waals surface area contributed by atoms with Gasteiger partial charge in [-0.2, -0.15) is 0 Å². The second-order valence-corrected chi connectivity index (χ2v) is 8.45. The van der Waals surface area contributed by atoms with Crippen molar-refractivity contribution in [2.75, 3.05) is 11.9 Å². The molecule has 3 nitrogen and oxygen atoms in total. The molecular weight excluding hydrogens is 516 g/mol. The first kappa shape index (κ1) is 23.0. The van der Waals surface area contributed by atoms with Gasteiger partial charge in [0, 0.05) is 27.8 Å². The number of benzene rings is 3. The van der Waals surface area contributed by atoms with Crippen molar-refractivity contribution in [2.45, 2.75) is 20.1 Å². The van der Waals surface area contributed by atoms with Crippen LogP contribution < -0.4 is 14.8 Å². The summed E-state index contributed by atoms with van der Waals surface area (Å²) in [6.07, 6.45) is 0. The fraction of sp³-hybridized carbons (Fsp3) is 0.182. The maximum atomic E-state index is 13.3. The molecule has 0 atom stereocenters. The first-order chi connectivity index (χ1) is 14.4. The fourth-order valence-corrected chi connectivity index (χ4v) is 3.97. The average Bonchev–Trinajstić information content (AvgIpc) is 2.70. The summed E-state index contributed by atoms with van der Waals surface area (Å²) in [4.78, 5) is 0. The quantitative estimate of drug-likeness (QED) is 0.317. The Hall–Kier alpha value is -1.66. The highest BCUT2D eigenvalue weighted by Gasteiger charge is 2.14. The van der Waals surface area contributed by atoms with Gasteiger partial charge in [-0.25, -0.2) is 4.39 Å². The van der Waals surface area contributed by atoms with Crippen molar-refractivity contribution < 1.29 is 13.9 Å². The Bertz CT molecular complexity index is 1050. The zero-order valence-electron chi connectivity index (χ0n) is 15.9. The summed E-state index contributed by atoms with van der Waals surface area (Å²) in [5.74, 6) is 0.730. The van der Waals surface area contributed by atoms with Gasteiger partial charge in [-0.15, -0.1) is 0 Å². The van der Waals surface area contributed by atoms with Crippen LogP contribution in [0.4, 0.5) is 10.1 Å². The third kappa shape index (κ3) is 5.94. The standard InChI is InChI=1S/C22H18BrCl3FNO2/c1-2-29-21-8-13(11-28-16-5-6-20(27)19(26)10-16)7-17(23)22(21)30-12-14-3-4-15(24)9-18(14)25/h3-10,28H,2,11-12H2,1H3. The third-order valence-electron chi connectivity index (χ3n) is 4.17. The molecule has 158 valence electrons. The van der Waals surface area contributed by atoms with Gasteiger partial charge in [0.25, 0.3) is 0 Å². The molecule has 0 spiro atoms. The molecule has 0 aromatic heterocycles. The number of hydrogen-bond acceptors (Lipinski definition) is 3. The molecule has 0 heterocycles. The first-order valence-electron chi connectivity index (χ1n) is 9.08. The largest absolute Gasteiger partial charge is 0.490 e. The first-order valence-corrected chi connectivity index (χ1v) is 11.0. The molecular formula is C22H18BrCl3FNO2. The van der Waals surface area contributed by atoms with E-state index in [1.807, 2.05) is 25.1 Å². The Kier molecular flexibility index (Phi) is 8.12. The smallest absolute Gasteiger partial charge is 0.175 e. The van der Waals surface area contributed by atoms with Crippen LogP contribution in [-0.4, -0.2) is 6.61 Å². The highest BCUT2D eigenvalue weighted by molar-refractivity contribution is 9.10. The van der Waals surface area contributed by atoms with Gasteiger partial charge in [-0.05, 0) is 70.9 Å². The molecule has 0 saturated carbocycles. The van der Waals surface area contributed by atoms with E-state index in [0.29, 0.717) is 40.4 Å². The van der Waals surface area contributed by atoms with Crippen LogP contribution in [-0.2, 0) is 13.2 Å². The lowest BCUT2D eigenvalue weighted by atomic mass is 10.2. The van der Waals surface area contributed by atoms with Gasteiger partial charge in [0.15, 0.2) is 11.5 Å². The molecule has 3 aromatic rings. The second-order valence-electron chi connectivity index (χ2n) is 6.34. The van der Waals surface area contributed by atoms with Crippen molar-refractivity contribution in [3.8, 4) is 11.5 Å². The fourth-order valence-electron chi connectivity index (χ4n) is 2.73. The molecule has 0 aliphatic rings. The van der Waals surface area contributed by atoms with Crippen LogP contribution in [0.2, 0.25) is 15.1 Å². The predicted molar refractivity (Wildman–Crippen MR) is 125 cm³/mol. The van der Waals surface area contributed by atoms with Crippen LogP contribution in [0.5, 0.6) is 11.5 Å². The van der Waals surface area contributed by atoms with E-state index in [1.54, 1.807) is 24.3 Å². The van der Waals surface area contributed by atoms with Crippen molar-refractivity contribution in [3.63, 3.8) is 0 Å². The maximum Gasteiger partial charge on any atom is 0.175 e. The van der Waals surface area contributed by atoms with E-state index in [4.69, 9.17) is 44.3 Å². The highest BCUT2D eigenvalue weighted by Crippen LogP contribution is 2.38. The Balaban J connectivity index is 1.76. The Morgan fingerprint density at radius 1 is 0.967 bits per heavy atom. The molecule has 0 radical (unpaired) electrons. The van der Waals surface area contributed by atoms with E-state index in [9.17, 15) is 4.39 Å². The topological polar surface area (TPSA) is 30.5 Å². The Morgan fingerprint density at radius 3 is 2.47 bits per heavy atom. The summed E-state index contributed by atoms with van der Waals surface area (Å²) in [7, 11) is 0. The lowest BCUT2D eigenvalue weighted by Gasteiger charge is -2.16. The van der Waals surface area contributed by atoms with E-state index in [1.165, 1.54) is 6.07 Å². The lowest BCUT2D eigenvalue weighted by molar-refractivity contribution is 0.267. The third-order valence-corrected chi connectivity index (χ3v) is 5.64. The van der Waals surface area contributed by atoms with Crippen LogP contribution in [0.25, 0.3) is 0 Å². The van der Waals surface area contributed by atoms with E-state index >= 15 is 0 Å². The number of anilines is 1. The molecule has 0 fully saturated rings. The number of nitrogens with one attached hydrogen (secondary N) is 1. The molecule has 3 aromatic carbocycles. The Labute approximate surface area is 198 Å².